The van der Waals surface area contributed by atoms with Gasteiger partial charge in [-0.15, -0.1) is 0 Å². The number of hydrogen-bond acceptors (Lipinski definition) is 2. The summed E-state index contributed by atoms with van der Waals surface area (Å²) in [7, 11) is 0. The SMILES string of the molecule is Cc1cc(Br)c(NCC(C)(C)CO)c(Br)c1. The fraction of sp³-hybridized carbons (Fsp3) is 0.500. The zero-order valence-corrected chi connectivity index (χ0v) is 12.9. The van der Waals surface area contributed by atoms with E-state index in [9.17, 15) is 5.11 Å². The maximum atomic E-state index is 9.19. The van der Waals surface area contributed by atoms with Crippen LogP contribution in [-0.2, 0) is 0 Å². The van der Waals surface area contributed by atoms with Gasteiger partial charge in [-0.2, -0.15) is 0 Å². The quantitative estimate of drug-likeness (QED) is 0.861. The van der Waals surface area contributed by atoms with E-state index in [1.54, 1.807) is 0 Å². The predicted octanol–water partition coefficient (Wildman–Crippen LogP) is 3.95. The van der Waals surface area contributed by atoms with E-state index >= 15 is 0 Å². The molecule has 0 atom stereocenters. The van der Waals surface area contributed by atoms with Crippen molar-refractivity contribution in [2.24, 2.45) is 5.41 Å². The molecule has 1 rings (SSSR count). The Labute approximate surface area is 114 Å². The summed E-state index contributed by atoms with van der Waals surface area (Å²) in [6, 6.07) is 4.14. The minimum atomic E-state index is -0.121. The fourth-order valence-corrected chi connectivity index (χ4v) is 2.95. The van der Waals surface area contributed by atoms with Crippen molar-refractivity contribution in [2.75, 3.05) is 18.5 Å². The maximum absolute atomic E-state index is 9.19. The zero-order valence-electron chi connectivity index (χ0n) is 9.77. The molecule has 0 saturated carbocycles. The Kier molecular flexibility index (Phi) is 4.83. The van der Waals surface area contributed by atoms with Gasteiger partial charge in [0, 0.05) is 27.5 Å². The summed E-state index contributed by atoms with van der Waals surface area (Å²) < 4.78 is 2.07. The molecule has 0 spiro atoms. The van der Waals surface area contributed by atoms with E-state index in [4.69, 9.17) is 0 Å². The predicted molar refractivity (Wildman–Crippen MR) is 75.9 cm³/mol. The van der Waals surface area contributed by atoms with Gasteiger partial charge in [0.25, 0.3) is 0 Å². The molecule has 0 unspecified atom stereocenters. The number of halogens is 2. The fourth-order valence-electron chi connectivity index (χ4n) is 1.25. The molecule has 0 aromatic heterocycles. The van der Waals surface area contributed by atoms with Gasteiger partial charge in [-0.05, 0) is 56.5 Å². The van der Waals surface area contributed by atoms with Crippen molar-refractivity contribution in [1.29, 1.82) is 0 Å². The lowest BCUT2D eigenvalue weighted by atomic mass is 9.95. The molecular formula is C12H17Br2NO. The molecular weight excluding hydrogens is 334 g/mol. The van der Waals surface area contributed by atoms with Gasteiger partial charge in [-0.25, -0.2) is 0 Å². The van der Waals surface area contributed by atoms with Gasteiger partial charge in [-0.1, -0.05) is 13.8 Å². The monoisotopic (exact) mass is 349 g/mol. The second-order valence-electron chi connectivity index (χ2n) is 4.78. The van der Waals surface area contributed by atoms with Crippen LogP contribution < -0.4 is 5.32 Å². The lowest BCUT2D eigenvalue weighted by molar-refractivity contribution is 0.171. The van der Waals surface area contributed by atoms with Crippen molar-refractivity contribution in [3.8, 4) is 0 Å². The van der Waals surface area contributed by atoms with Crippen LogP contribution in [0.3, 0.4) is 0 Å². The van der Waals surface area contributed by atoms with E-state index in [1.165, 1.54) is 5.56 Å². The smallest absolute Gasteiger partial charge is 0.0629 e. The Hall–Kier alpha value is -0.0600. The molecule has 0 aliphatic carbocycles. The molecule has 0 aliphatic rings. The average molecular weight is 351 g/mol. The first-order valence-corrected chi connectivity index (χ1v) is 6.75. The Morgan fingerprint density at radius 1 is 1.25 bits per heavy atom. The van der Waals surface area contributed by atoms with Crippen molar-refractivity contribution in [2.45, 2.75) is 20.8 Å². The highest BCUT2D eigenvalue weighted by molar-refractivity contribution is 9.11. The Balaban J connectivity index is 2.82. The summed E-state index contributed by atoms with van der Waals surface area (Å²) in [5.74, 6) is 0. The van der Waals surface area contributed by atoms with Gasteiger partial charge in [-0.3, -0.25) is 0 Å². The Morgan fingerprint density at radius 3 is 2.19 bits per heavy atom. The molecule has 0 bridgehead atoms. The van der Waals surface area contributed by atoms with Crippen molar-refractivity contribution < 1.29 is 5.11 Å². The van der Waals surface area contributed by atoms with Crippen LogP contribution in [-0.4, -0.2) is 18.3 Å². The van der Waals surface area contributed by atoms with Gasteiger partial charge in [0.2, 0.25) is 0 Å². The highest BCUT2D eigenvalue weighted by atomic mass is 79.9. The number of rotatable bonds is 4. The maximum Gasteiger partial charge on any atom is 0.0629 e. The molecule has 2 nitrogen and oxygen atoms in total. The molecule has 2 N–H and O–H groups in total. The molecule has 90 valence electrons. The summed E-state index contributed by atoms with van der Waals surface area (Å²) >= 11 is 7.07. The lowest BCUT2D eigenvalue weighted by Gasteiger charge is -2.23. The Morgan fingerprint density at radius 2 is 1.75 bits per heavy atom. The molecule has 16 heavy (non-hydrogen) atoms. The summed E-state index contributed by atoms with van der Waals surface area (Å²) in [4.78, 5) is 0. The van der Waals surface area contributed by atoms with E-state index in [0.29, 0.717) is 0 Å². The second kappa shape index (κ2) is 5.52. The van der Waals surface area contributed by atoms with Gasteiger partial charge >= 0.3 is 0 Å². The van der Waals surface area contributed by atoms with Gasteiger partial charge in [0.15, 0.2) is 0 Å². The molecule has 1 aromatic carbocycles. The zero-order chi connectivity index (χ0) is 12.3. The van der Waals surface area contributed by atoms with Gasteiger partial charge in [0.05, 0.1) is 5.69 Å². The summed E-state index contributed by atoms with van der Waals surface area (Å²) in [5, 5.41) is 12.5. The van der Waals surface area contributed by atoms with Crippen molar-refractivity contribution >= 4 is 37.5 Å². The van der Waals surface area contributed by atoms with Crippen molar-refractivity contribution in [1.82, 2.24) is 0 Å². The summed E-state index contributed by atoms with van der Waals surface area (Å²) in [5.41, 5.74) is 2.11. The van der Waals surface area contributed by atoms with E-state index < -0.39 is 0 Å². The van der Waals surface area contributed by atoms with E-state index in [-0.39, 0.29) is 12.0 Å². The lowest BCUT2D eigenvalue weighted by Crippen LogP contribution is -2.27. The minimum Gasteiger partial charge on any atom is -0.396 e. The third-order valence-electron chi connectivity index (χ3n) is 2.36. The van der Waals surface area contributed by atoms with Crippen LogP contribution in [0.5, 0.6) is 0 Å². The molecule has 0 amide bonds. The van der Waals surface area contributed by atoms with Crippen LogP contribution >= 0.6 is 31.9 Å². The normalized spacial score (nSPS) is 11.6. The average Bonchev–Trinajstić information content (AvgIpc) is 2.16. The number of hydrogen-bond donors (Lipinski definition) is 2. The van der Waals surface area contributed by atoms with Crippen LogP contribution in [0.2, 0.25) is 0 Å². The topological polar surface area (TPSA) is 32.3 Å². The number of aliphatic hydroxyl groups excluding tert-OH is 1. The summed E-state index contributed by atoms with van der Waals surface area (Å²) in [6.45, 7) is 6.99. The number of aliphatic hydroxyl groups is 1. The van der Waals surface area contributed by atoms with E-state index in [1.807, 2.05) is 13.8 Å². The largest absolute Gasteiger partial charge is 0.396 e. The standard InChI is InChI=1S/C12H17Br2NO/c1-8-4-9(13)11(10(14)5-8)15-6-12(2,3)7-16/h4-5,15-16H,6-7H2,1-3H3. The number of aryl methyl sites for hydroxylation is 1. The molecule has 4 heteroatoms. The molecule has 0 fully saturated rings. The van der Waals surface area contributed by atoms with Crippen molar-refractivity contribution in [3.63, 3.8) is 0 Å². The van der Waals surface area contributed by atoms with Crippen molar-refractivity contribution in [3.05, 3.63) is 26.6 Å². The highest BCUT2D eigenvalue weighted by Crippen LogP contribution is 2.33. The first-order chi connectivity index (χ1) is 7.35. The second-order valence-corrected chi connectivity index (χ2v) is 6.49. The summed E-state index contributed by atoms with van der Waals surface area (Å²) in [6.07, 6.45) is 0. The highest BCUT2D eigenvalue weighted by Gasteiger charge is 2.17. The van der Waals surface area contributed by atoms with E-state index in [2.05, 4.69) is 56.2 Å². The van der Waals surface area contributed by atoms with Crippen LogP contribution in [0, 0.1) is 12.3 Å². The molecule has 0 radical (unpaired) electrons. The minimum absolute atomic E-state index is 0.121. The van der Waals surface area contributed by atoms with Crippen LogP contribution in [0.4, 0.5) is 5.69 Å². The third kappa shape index (κ3) is 3.75. The number of nitrogens with one attached hydrogen (secondary N) is 1. The van der Waals surface area contributed by atoms with Gasteiger partial charge < -0.3 is 10.4 Å². The molecule has 1 aromatic rings. The molecule has 0 saturated heterocycles. The first kappa shape index (κ1) is 14.0. The number of benzene rings is 1. The molecule has 0 aliphatic heterocycles. The van der Waals surface area contributed by atoms with Crippen LogP contribution in [0.1, 0.15) is 19.4 Å². The van der Waals surface area contributed by atoms with Crippen LogP contribution in [0.15, 0.2) is 21.1 Å². The third-order valence-corrected chi connectivity index (χ3v) is 3.61. The van der Waals surface area contributed by atoms with E-state index in [0.717, 1.165) is 21.2 Å². The Bertz CT molecular complexity index is 354. The van der Waals surface area contributed by atoms with Gasteiger partial charge in [0.1, 0.15) is 0 Å². The van der Waals surface area contributed by atoms with Crippen LogP contribution in [0.25, 0.3) is 0 Å². The number of anilines is 1. The molecule has 0 heterocycles. The first-order valence-electron chi connectivity index (χ1n) is 5.16.